The molecular formula is C11H10ClN5O3. The fraction of sp³-hybridized carbons (Fsp3) is 0.0909. The molecule has 0 radical (unpaired) electrons. The minimum atomic E-state index is -0.560. The molecule has 1 heterocycles. The molecule has 1 aromatic heterocycles. The summed E-state index contributed by atoms with van der Waals surface area (Å²) >= 11 is 5.92. The van der Waals surface area contributed by atoms with Gasteiger partial charge >= 0.3 is 0 Å². The van der Waals surface area contributed by atoms with Gasteiger partial charge in [-0.25, -0.2) is 5.84 Å². The predicted octanol–water partition coefficient (Wildman–Crippen LogP) is 1.10. The molecule has 0 saturated heterocycles. The van der Waals surface area contributed by atoms with E-state index < -0.39 is 10.5 Å². The van der Waals surface area contributed by atoms with Crippen molar-refractivity contribution in [3.05, 3.63) is 56.0 Å². The summed E-state index contributed by atoms with van der Waals surface area (Å²) in [4.78, 5) is 22.1. The second kappa shape index (κ2) is 5.27. The van der Waals surface area contributed by atoms with E-state index in [1.165, 1.54) is 42.5 Å². The summed E-state index contributed by atoms with van der Waals surface area (Å²) in [5.41, 5.74) is 0.0186. The maximum absolute atomic E-state index is 12.1. The lowest BCUT2D eigenvalue weighted by Gasteiger charge is -2.14. The van der Waals surface area contributed by atoms with Gasteiger partial charge in [0, 0.05) is 19.2 Å². The molecule has 2 N–H and O–H groups in total. The number of nitrogens with zero attached hydrogens (tertiary/aromatic N) is 4. The highest BCUT2D eigenvalue weighted by atomic mass is 35.5. The molecule has 0 atom stereocenters. The Morgan fingerprint density at radius 3 is 2.50 bits per heavy atom. The average molecular weight is 296 g/mol. The summed E-state index contributed by atoms with van der Waals surface area (Å²) in [5.74, 6) is 5.51. The van der Waals surface area contributed by atoms with Crippen LogP contribution in [0.4, 0.5) is 11.4 Å². The average Bonchev–Trinajstić information content (AvgIpc) is 2.41. The first kappa shape index (κ1) is 14.0. The number of hydrogen-bond acceptors (Lipinski definition) is 6. The molecule has 0 fully saturated rings. The molecular weight excluding hydrogens is 286 g/mol. The van der Waals surface area contributed by atoms with Crippen molar-refractivity contribution in [2.24, 2.45) is 5.84 Å². The van der Waals surface area contributed by atoms with E-state index in [1.54, 1.807) is 0 Å². The van der Waals surface area contributed by atoms with Crippen LogP contribution in [0.3, 0.4) is 0 Å². The van der Waals surface area contributed by atoms with Crippen LogP contribution in [0.15, 0.2) is 35.3 Å². The van der Waals surface area contributed by atoms with E-state index in [-0.39, 0.29) is 16.4 Å². The van der Waals surface area contributed by atoms with Gasteiger partial charge in [0.05, 0.1) is 22.5 Å². The van der Waals surface area contributed by atoms with Crippen LogP contribution in [0.2, 0.25) is 5.02 Å². The molecule has 0 aliphatic carbocycles. The minimum absolute atomic E-state index is 0.0776. The summed E-state index contributed by atoms with van der Waals surface area (Å²) in [6, 6.07) is 5.38. The first-order valence-electron chi connectivity index (χ1n) is 5.43. The molecule has 0 saturated carbocycles. The molecule has 0 amide bonds. The summed E-state index contributed by atoms with van der Waals surface area (Å²) in [6.07, 6.45) is 1.34. The third kappa shape index (κ3) is 2.46. The van der Waals surface area contributed by atoms with E-state index in [2.05, 4.69) is 5.10 Å². The van der Waals surface area contributed by atoms with E-state index in [4.69, 9.17) is 17.4 Å². The van der Waals surface area contributed by atoms with Gasteiger partial charge in [-0.3, -0.25) is 14.9 Å². The Labute approximate surface area is 118 Å². The highest BCUT2D eigenvalue weighted by Gasteiger charge is 2.13. The van der Waals surface area contributed by atoms with Gasteiger partial charge in [-0.05, 0) is 12.1 Å². The standard InChI is InChI=1S/C11H10ClN5O3/c1-15(13)9-6-14-16(11(18)10(9)12)7-2-4-8(5-3-7)17(19)20/h2-6H,13H2,1H3. The topological polar surface area (TPSA) is 107 Å². The summed E-state index contributed by atoms with van der Waals surface area (Å²) in [6.45, 7) is 0. The molecule has 0 spiro atoms. The van der Waals surface area contributed by atoms with Gasteiger partial charge < -0.3 is 5.01 Å². The number of anilines is 1. The van der Waals surface area contributed by atoms with E-state index in [9.17, 15) is 14.9 Å². The molecule has 2 rings (SSSR count). The Bertz CT molecular complexity index is 711. The third-order valence-corrected chi connectivity index (χ3v) is 2.94. The van der Waals surface area contributed by atoms with Crippen molar-refractivity contribution in [2.75, 3.05) is 12.1 Å². The van der Waals surface area contributed by atoms with Gasteiger partial charge in [-0.15, -0.1) is 0 Å². The fourth-order valence-corrected chi connectivity index (χ4v) is 1.83. The number of halogens is 1. The number of aromatic nitrogens is 2. The number of rotatable bonds is 3. The Hall–Kier alpha value is -2.45. The molecule has 104 valence electrons. The van der Waals surface area contributed by atoms with Crippen molar-refractivity contribution in [1.29, 1.82) is 0 Å². The normalized spacial score (nSPS) is 10.3. The minimum Gasteiger partial charge on any atom is -0.311 e. The molecule has 2 aromatic rings. The molecule has 0 aliphatic rings. The second-order valence-electron chi connectivity index (χ2n) is 3.95. The second-order valence-corrected chi connectivity index (χ2v) is 4.32. The number of benzene rings is 1. The molecule has 20 heavy (non-hydrogen) atoms. The van der Waals surface area contributed by atoms with Crippen LogP contribution >= 0.6 is 11.6 Å². The lowest BCUT2D eigenvalue weighted by molar-refractivity contribution is -0.384. The van der Waals surface area contributed by atoms with Crippen molar-refractivity contribution in [3.8, 4) is 5.69 Å². The number of hydrazine groups is 1. The third-order valence-electron chi connectivity index (χ3n) is 2.59. The van der Waals surface area contributed by atoms with Crippen molar-refractivity contribution in [3.63, 3.8) is 0 Å². The van der Waals surface area contributed by atoms with Crippen molar-refractivity contribution < 1.29 is 4.92 Å². The van der Waals surface area contributed by atoms with E-state index in [0.717, 1.165) is 4.68 Å². The van der Waals surface area contributed by atoms with Crippen LogP contribution in [0.5, 0.6) is 0 Å². The zero-order chi connectivity index (χ0) is 14.9. The van der Waals surface area contributed by atoms with Gasteiger partial charge in [0.1, 0.15) is 5.02 Å². The molecule has 0 unspecified atom stereocenters. The van der Waals surface area contributed by atoms with E-state index >= 15 is 0 Å². The zero-order valence-electron chi connectivity index (χ0n) is 10.4. The lowest BCUT2D eigenvalue weighted by atomic mass is 10.3. The van der Waals surface area contributed by atoms with Crippen LogP contribution < -0.4 is 16.4 Å². The molecule has 1 aromatic carbocycles. The van der Waals surface area contributed by atoms with Gasteiger partial charge in [-0.1, -0.05) is 11.6 Å². The number of nitro groups is 1. The summed E-state index contributed by atoms with van der Waals surface area (Å²) in [5, 5.41) is 15.6. The highest BCUT2D eigenvalue weighted by molar-refractivity contribution is 6.33. The zero-order valence-corrected chi connectivity index (χ0v) is 11.1. The molecule has 8 nitrogen and oxygen atoms in total. The Morgan fingerprint density at radius 2 is 2.00 bits per heavy atom. The largest absolute Gasteiger partial charge is 0.311 e. The lowest BCUT2D eigenvalue weighted by Crippen LogP contribution is -2.30. The number of nitrogens with two attached hydrogens (primary N) is 1. The fourth-order valence-electron chi connectivity index (χ4n) is 1.57. The van der Waals surface area contributed by atoms with Crippen molar-refractivity contribution in [1.82, 2.24) is 9.78 Å². The number of nitro benzene ring substituents is 1. The Morgan fingerprint density at radius 1 is 1.40 bits per heavy atom. The summed E-state index contributed by atoms with van der Waals surface area (Å²) < 4.78 is 1.04. The Balaban J connectivity index is 2.51. The van der Waals surface area contributed by atoms with Crippen molar-refractivity contribution in [2.45, 2.75) is 0 Å². The van der Waals surface area contributed by atoms with Gasteiger partial charge in [0.25, 0.3) is 11.2 Å². The SMILES string of the molecule is CN(N)c1cnn(-c2ccc([N+](=O)[O-])cc2)c(=O)c1Cl. The van der Waals surface area contributed by atoms with Crippen LogP contribution in [0.25, 0.3) is 5.69 Å². The van der Waals surface area contributed by atoms with Gasteiger partial charge in [0.15, 0.2) is 0 Å². The maximum Gasteiger partial charge on any atom is 0.292 e. The van der Waals surface area contributed by atoms with Gasteiger partial charge in [-0.2, -0.15) is 9.78 Å². The van der Waals surface area contributed by atoms with E-state index in [1.807, 2.05) is 0 Å². The van der Waals surface area contributed by atoms with Crippen molar-refractivity contribution >= 4 is 23.0 Å². The highest BCUT2D eigenvalue weighted by Crippen LogP contribution is 2.19. The quantitative estimate of drug-likeness (QED) is 0.516. The monoisotopic (exact) mass is 295 g/mol. The van der Waals surface area contributed by atoms with Gasteiger partial charge in [0.2, 0.25) is 0 Å². The Kier molecular flexibility index (Phi) is 3.68. The van der Waals surface area contributed by atoms with E-state index in [0.29, 0.717) is 5.69 Å². The number of non-ortho nitro benzene ring substituents is 1. The first-order valence-corrected chi connectivity index (χ1v) is 5.80. The van der Waals surface area contributed by atoms with Crippen LogP contribution in [0, 0.1) is 10.1 Å². The van der Waals surface area contributed by atoms with Crippen LogP contribution in [-0.4, -0.2) is 21.8 Å². The summed E-state index contributed by atoms with van der Waals surface area (Å²) in [7, 11) is 1.53. The predicted molar refractivity (Wildman–Crippen MR) is 74.1 cm³/mol. The van der Waals surface area contributed by atoms with Crippen LogP contribution in [-0.2, 0) is 0 Å². The smallest absolute Gasteiger partial charge is 0.292 e. The molecule has 0 bridgehead atoms. The number of hydrogen-bond donors (Lipinski definition) is 1. The van der Waals surface area contributed by atoms with Crippen LogP contribution in [0.1, 0.15) is 0 Å². The maximum atomic E-state index is 12.1. The first-order chi connectivity index (χ1) is 9.41. The molecule has 9 heteroatoms. The molecule has 0 aliphatic heterocycles.